The first-order valence-corrected chi connectivity index (χ1v) is 8.03. The van der Waals surface area contributed by atoms with Gasteiger partial charge in [-0.2, -0.15) is 0 Å². The van der Waals surface area contributed by atoms with Gasteiger partial charge >= 0.3 is 0 Å². The summed E-state index contributed by atoms with van der Waals surface area (Å²) in [6, 6.07) is 7.05. The Morgan fingerprint density at radius 3 is 2.70 bits per heavy atom. The number of ether oxygens (including phenoxy) is 1. The number of morpholine rings is 1. The fourth-order valence-electron chi connectivity index (χ4n) is 3.19. The van der Waals surface area contributed by atoms with E-state index in [1.807, 2.05) is 0 Å². The van der Waals surface area contributed by atoms with Crippen molar-refractivity contribution in [3.63, 3.8) is 0 Å². The van der Waals surface area contributed by atoms with Crippen LogP contribution in [-0.2, 0) is 24.1 Å². The highest BCUT2D eigenvalue weighted by Gasteiger charge is 2.10. The van der Waals surface area contributed by atoms with Crippen molar-refractivity contribution in [3.8, 4) is 0 Å². The summed E-state index contributed by atoms with van der Waals surface area (Å²) in [5.41, 5.74) is 4.60. The van der Waals surface area contributed by atoms with E-state index in [2.05, 4.69) is 28.4 Å². The lowest BCUT2D eigenvalue weighted by molar-refractivity contribution is 0.0384. The highest BCUT2D eigenvalue weighted by molar-refractivity contribution is 5.33. The van der Waals surface area contributed by atoms with Crippen LogP contribution < -0.4 is 5.32 Å². The molecule has 1 aromatic rings. The van der Waals surface area contributed by atoms with E-state index < -0.39 is 0 Å². The molecule has 1 aliphatic heterocycles. The molecule has 1 aliphatic carbocycles. The van der Waals surface area contributed by atoms with Gasteiger partial charge < -0.3 is 10.1 Å². The molecule has 0 spiro atoms. The van der Waals surface area contributed by atoms with Gasteiger partial charge in [0.05, 0.1) is 13.2 Å². The number of nitrogens with one attached hydrogen (secondary N) is 1. The van der Waals surface area contributed by atoms with Crippen molar-refractivity contribution < 1.29 is 4.74 Å². The maximum absolute atomic E-state index is 5.37. The van der Waals surface area contributed by atoms with Crippen LogP contribution in [0.2, 0.25) is 0 Å². The Morgan fingerprint density at radius 2 is 1.85 bits per heavy atom. The van der Waals surface area contributed by atoms with E-state index in [1.54, 1.807) is 11.1 Å². The van der Waals surface area contributed by atoms with Crippen molar-refractivity contribution >= 4 is 0 Å². The lowest BCUT2D eigenvalue weighted by Gasteiger charge is -2.26. The summed E-state index contributed by atoms with van der Waals surface area (Å²) in [6.07, 6.45) is 5.28. The van der Waals surface area contributed by atoms with Crippen LogP contribution in [0, 0.1) is 0 Å². The van der Waals surface area contributed by atoms with Crippen molar-refractivity contribution in [1.29, 1.82) is 0 Å². The molecule has 2 aliphatic rings. The Hall–Kier alpha value is -0.900. The minimum Gasteiger partial charge on any atom is -0.379 e. The molecule has 0 atom stereocenters. The minimum atomic E-state index is 0.894. The van der Waals surface area contributed by atoms with Gasteiger partial charge in [-0.1, -0.05) is 18.2 Å². The van der Waals surface area contributed by atoms with Gasteiger partial charge in [-0.05, 0) is 42.4 Å². The predicted molar refractivity (Wildman–Crippen MR) is 82.0 cm³/mol. The van der Waals surface area contributed by atoms with Crippen molar-refractivity contribution in [1.82, 2.24) is 10.2 Å². The molecule has 3 nitrogen and oxygen atoms in total. The third kappa shape index (κ3) is 3.81. The second-order valence-electron chi connectivity index (χ2n) is 5.94. The summed E-state index contributed by atoms with van der Waals surface area (Å²) >= 11 is 0. The first-order chi connectivity index (χ1) is 9.92. The van der Waals surface area contributed by atoms with Crippen molar-refractivity contribution in [2.75, 3.05) is 39.4 Å². The SMILES string of the molecule is c1cc2c(cc1CNCCN1CCOCC1)CCCC2. The zero-order valence-corrected chi connectivity index (χ0v) is 12.4. The standard InChI is InChI=1S/C17H26N2O/c1-2-4-17-13-15(5-6-16(17)3-1)14-18-7-8-19-9-11-20-12-10-19/h5-6,13,18H,1-4,7-12,14H2. The van der Waals surface area contributed by atoms with Crippen LogP contribution in [-0.4, -0.2) is 44.3 Å². The molecule has 0 aromatic heterocycles. The lowest BCUT2D eigenvalue weighted by atomic mass is 9.90. The molecular formula is C17H26N2O. The topological polar surface area (TPSA) is 24.5 Å². The highest BCUT2D eigenvalue weighted by Crippen LogP contribution is 2.22. The number of hydrogen-bond acceptors (Lipinski definition) is 3. The number of nitrogens with zero attached hydrogens (tertiary/aromatic N) is 1. The summed E-state index contributed by atoms with van der Waals surface area (Å²) in [5, 5.41) is 3.57. The fourth-order valence-corrected chi connectivity index (χ4v) is 3.19. The maximum atomic E-state index is 5.37. The van der Waals surface area contributed by atoms with E-state index in [0.29, 0.717) is 0 Å². The molecule has 110 valence electrons. The first kappa shape index (κ1) is 14.1. The Kier molecular flexibility index (Phi) is 5.06. The molecule has 0 saturated carbocycles. The van der Waals surface area contributed by atoms with Gasteiger partial charge in [-0.3, -0.25) is 4.90 Å². The van der Waals surface area contributed by atoms with Crippen molar-refractivity contribution in [3.05, 3.63) is 34.9 Å². The molecule has 0 bridgehead atoms. The molecule has 3 rings (SSSR count). The largest absolute Gasteiger partial charge is 0.379 e. The number of hydrogen-bond donors (Lipinski definition) is 1. The molecule has 0 amide bonds. The average molecular weight is 274 g/mol. The number of fused-ring (bicyclic) bond motifs is 1. The lowest BCUT2D eigenvalue weighted by Crippen LogP contribution is -2.40. The van der Waals surface area contributed by atoms with E-state index in [9.17, 15) is 0 Å². The quantitative estimate of drug-likeness (QED) is 0.831. The van der Waals surface area contributed by atoms with Crippen LogP contribution >= 0.6 is 0 Å². The summed E-state index contributed by atoms with van der Waals surface area (Å²) in [5.74, 6) is 0. The number of benzene rings is 1. The van der Waals surface area contributed by atoms with Crippen LogP contribution in [0.3, 0.4) is 0 Å². The van der Waals surface area contributed by atoms with Gasteiger partial charge in [-0.15, -0.1) is 0 Å². The molecule has 1 saturated heterocycles. The van der Waals surface area contributed by atoms with Gasteiger partial charge in [0.25, 0.3) is 0 Å². The number of aryl methyl sites for hydroxylation is 2. The van der Waals surface area contributed by atoms with Gasteiger partial charge in [0.1, 0.15) is 0 Å². The van der Waals surface area contributed by atoms with E-state index in [0.717, 1.165) is 45.9 Å². The Balaban J connectivity index is 1.41. The maximum Gasteiger partial charge on any atom is 0.0594 e. The van der Waals surface area contributed by atoms with Crippen LogP contribution in [0.4, 0.5) is 0 Å². The van der Waals surface area contributed by atoms with E-state index >= 15 is 0 Å². The molecule has 20 heavy (non-hydrogen) atoms. The summed E-state index contributed by atoms with van der Waals surface area (Å²) in [4.78, 5) is 2.48. The van der Waals surface area contributed by atoms with Gasteiger partial charge in [-0.25, -0.2) is 0 Å². The Morgan fingerprint density at radius 1 is 1.05 bits per heavy atom. The summed E-state index contributed by atoms with van der Waals surface area (Å²) < 4.78 is 5.37. The van der Waals surface area contributed by atoms with E-state index in [-0.39, 0.29) is 0 Å². The molecule has 1 heterocycles. The zero-order valence-electron chi connectivity index (χ0n) is 12.4. The molecule has 3 heteroatoms. The smallest absolute Gasteiger partial charge is 0.0594 e. The monoisotopic (exact) mass is 274 g/mol. The third-order valence-corrected chi connectivity index (χ3v) is 4.45. The second-order valence-corrected chi connectivity index (χ2v) is 5.94. The fraction of sp³-hybridized carbons (Fsp3) is 0.647. The third-order valence-electron chi connectivity index (χ3n) is 4.45. The van der Waals surface area contributed by atoms with Gasteiger partial charge in [0, 0.05) is 32.7 Å². The molecule has 0 radical (unpaired) electrons. The van der Waals surface area contributed by atoms with E-state index in [4.69, 9.17) is 4.74 Å². The summed E-state index contributed by atoms with van der Waals surface area (Å²) in [7, 11) is 0. The summed E-state index contributed by atoms with van der Waals surface area (Å²) in [6.45, 7) is 7.15. The second kappa shape index (κ2) is 7.21. The Labute approximate surface area is 122 Å². The van der Waals surface area contributed by atoms with Gasteiger partial charge in [0.2, 0.25) is 0 Å². The molecule has 1 aromatic carbocycles. The molecule has 0 unspecified atom stereocenters. The van der Waals surface area contributed by atoms with Crippen molar-refractivity contribution in [2.24, 2.45) is 0 Å². The normalized spacial score (nSPS) is 19.8. The van der Waals surface area contributed by atoms with Gasteiger partial charge in [0.15, 0.2) is 0 Å². The van der Waals surface area contributed by atoms with Crippen LogP contribution in [0.1, 0.15) is 29.5 Å². The van der Waals surface area contributed by atoms with Crippen LogP contribution in [0.5, 0.6) is 0 Å². The van der Waals surface area contributed by atoms with Crippen LogP contribution in [0.25, 0.3) is 0 Å². The molecular weight excluding hydrogens is 248 g/mol. The number of rotatable bonds is 5. The first-order valence-electron chi connectivity index (χ1n) is 8.03. The average Bonchev–Trinajstić information content (AvgIpc) is 2.52. The highest BCUT2D eigenvalue weighted by atomic mass is 16.5. The predicted octanol–water partition coefficient (Wildman–Crippen LogP) is 1.99. The zero-order chi connectivity index (χ0) is 13.6. The minimum absolute atomic E-state index is 0.894. The van der Waals surface area contributed by atoms with Crippen LogP contribution in [0.15, 0.2) is 18.2 Å². The molecule has 1 N–H and O–H groups in total. The van der Waals surface area contributed by atoms with E-state index in [1.165, 1.54) is 31.2 Å². The molecule has 1 fully saturated rings. The Bertz CT molecular complexity index is 427. The van der Waals surface area contributed by atoms with Crippen molar-refractivity contribution in [2.45, 2.75) is 32.2 Å².